The van der Waals surface area contributed by atoms with Crippen molar-refractivity contribution in [3.05, 3.63) is 48.0 Å². The van der Waals surface area contributed by atoms with Crippen LogP contribution in [0.1, 0.15) is 97.5 Å². The molecule has 1 aromatic rings. The highest BCUT2D eigenvalue weighted by Crippen LogP contribution is 2.50. The Bertz CT molecular complexity index is 890. The van der Waals surface area contributed by atoms with Crippen LogP contribution < -0.4 is 0 Å². The molecule has 2 fully saturated rings. The Morgan fingerprint density at radius 3 is 2.55 bits per heavy atom. The van der Waals surface area contributed by atoms with Crippen molar-refractivity contribution in [1.29, 1.82) is 0 Å². The summed E-state index contributed by atoms with van der Waals surface area (Å²) in [5.41, 5.74) is 0.436. The maximum atomic E-state index is 12.4. The van der Waals surface area contributed by atoms with Gasteiger partial charge >= 0.3 is 5.97 Å². The lowest BCUT2D eigenvalue weighted by Gasteiger charge is -2.49. The maximum Gasteiger partial charge on any atom is 0.308 e. The van der Waals surface area contributed by atoms with Gasteiger partial charge in [0.15, 0.2) is 8.32 Å². The normalized spacial score (nSPS) is 27.2. The molecule has 3 rings (SSSR count). The lowest BCUT2D eigenvalue weighted by Crippen LogP contribution is -2.50. The first-order valence-corrected chi connectivity index (χ1v) is 18.1. The molecule has 0 bridgehead atoms. The van der Waals surface area contributed by atoms with Gasteiger partial charge in [0.05, 0.1) is 24.7 Å². The van der Waals surface area contributed by atoms with E-state index in [1.54, 1.807) is 0 Å². The second kappa shape index (κ2) is 13.8. The third-order valence-electron chi connectivity index (χ3n) is 9.47. The van der Waals surface area contributed by atoms with Crippen LogP contribution in [0.5, 0.6) is 0 Å². The van der Waals surface area contributed by atoms with E-state index in [2.05, 4.69) is 76.3 Å². The van der Waals surface area contributed by atoms with Crippen LogP contribution in [0.2, 0.25) is 18.1 Å². The van der Waals surface area contributed by atoms with Gasteiger partial charge in [0.2, 0.25) is 0 Å². The zero-order valence-corrected chi connectivity index (χ0v) is 26.0. The van der Waals surface area contributed by atoms with Crippen molar-refractivity contribution in [3.63, 3.8) is 0 Å². The predicted molar refractivity (Wildman–Crippen MR) is 160 cm³/mol. The van der Waals surface area contributed by atoms with Gasteiger partial charge in [0, 0.05) is 0 Å². The van der Waals surface area contributed by atoms with Crippen molar-refractivity contribution in [1.82, 2.24) is 0 Å². The third kappa shape index (κ3) is 8.79. The number of rotatable bonds is 12. The molecule has 38 heavy (non-hydrogen) atoms. The van der Waals surface area contributed by atoms with E-state index in [-0.39, 0.29) is 35.4 Å². The molecule has 0 aliphatic heterocycles. The smallest absolute Gasteiger partial charge is 0.308 e. The van der Waals surface area contributed by atoms with Crippen molar-refractivity contribution >= 4 is 14.3 Å². The van der Waals surface area contributed by atoms with Crippen molar-refractivity contribution < 1.29 is 19.1 Å². The zero-order chi connectivity index (χ0) is 27.8. The molecule has 0 aromatic heterocycles. The molecular formula is C33H54O4Si. The standard InChI is InChI=1S/C33H54O4Si/c1-7-36-31(34)25-33(35)24-27(23-28-18-12-14-20-30(28)33)21-22-29(37-38(5,6)32(2,3)4)19-13-11-17-26-15-9-8-10-16-26/h8-10,15-16,21-22,27-30,35H,7,11-14,17-20,23-25H2,1-6H3/b22-21+. The van der Waals surface area contributed by atoms with E-state index in [9.17, 15) is 9.90 Å². The van der Waals surface area contributed by atoms with E-state index in [0.717, 1.165) is 51.4 Å². The van der Waals surface area contributed by atoms with Gasteiger partial charge in [-0.3, -0.25) is 4.79 Å². The fourth-order valence-corrected chi connectivity index (χ4v) is 7.74. The number of carbonyl (C=O) groups excluding carboxylic acids is 1. The Morgan fingerprint density at radius 1 is 1.16 bits per heavy atom. The first-order valence-electron chi connectivity index (χ1n) is 15.2. The Balaban J connectivity index is 1.70. The van der Waals surface area contributed by atoms with Crippen LogP contribution >= 0.6 is 0 Å². The van der Waals surface area contributed by atoms with Gasteiger partial charge in [-0.25, -0.2) is 0 Å². The third-order valence-corrected chi connectivity index (χ3v) is 14.0. The number of unbranched alkanes of at least 4 members (excludes halogenated alkanes) is 1. The molecule has 0 heterocycles. The number of fused-ring (bicyclic) bond motifs is 1. The van der Waals surface area contributed by atoms with Gasteiger partial charge < -0.3 is 14.3 Å². The van der Waals surface area contributed by atoms with E-state index in [4.69, 9.17) is 9.16 Å². The van der Waals surface area contributed by atoms with E-state index in [1.807, 2.05) is 6.92 Å². The van der Waals surface area contributed by atoms with Gasteiger partial charge in [-0.2, -0.15) is 0 Å². The number of benzene rings is 1. The van der Waals surface area contributed by atoms with Crippen LogP contribution in [0.3, 0.4) is 0 Å². The van der Waals surface area contributed by atoms with Crippen molar-refractivity contribution in [2.45, 2.75) is 128 Å². The SMILES string of the molecule is CCOC(=O)CC1(O)CC(/C=C/C(CCCCc2ccccc2)O[Si](C)(C)C(C)(C)C)CC2CCCCC21. The van der Waals surface area contributed by atoms with Crippen LogP contribution in [0.15, 0.2) is 42.5 Å². The van der Waals surface area contributed by atoms with Crippen LogP contribution in [0.25, 0.3) is 0 Å². The number of carbonyl (C=O) groups is 1. The largest absolute Gasteiger partial charge is 0.466 e. The van der Waals surface area contributed by atoms with Crippen LogP contribution in [0.4, 0.5) is 0 Å². The molecule has 0 radical (unpaired) electrons. The Hall–Kier alpha value is -1.43. The molecule has 0 spiro atoms. The van der Waals surface area contributed by atoms with Gasteiger partial charge in [-0.05, 0) is 86.9 Å². The average Bonchev–Trinajstić information content (AvgIpc) is 2.85. The summed E-state index contributed by atoms with van der Waals surface area (Å²) in [6, 6.07) is 10.7. The quantitative estimate of drug-likeness (QED) is 0.125. The molecule has 1 N–H and O–H groups in total. The fraction of sp³-hybridized carbons (Fsp3) is 0.727. The molecule has 2 aliphatic rings. The topological polar surface area (TPSA) is 55.8 Å². The van der Waals surface area contributed by atoms with E-state index < -0.39 is 13.9 Å². The monoisotopic (exact) mass is 542 g/mol. The highest BCUT2D eigenvalue weighted by atomic mass is 28.4. The van der Waals surface area contributed by atoms with Crippen LogP contribution in [-0.2, 0) is 20.4 Å². The first-order chi connectivity index (χ1) is 17.9. The number of hydrogen-bond acceptors (Lipinski definition) is 4. The first kappa shape index (κ1) is 31.1. The highest BCUT2D eigenvalue weighted by molar-refractivity contribution is 6.74. The summed E-state index contributed by atoms with van der Waals surface area (Å²) in [5, 5.41) is 12.0. The molecule has 0 amide bonds. The summed E-state index contributed by atoms with van der Waals surface area (Å²) in [4.78, 5) is 12.4. The van der Waals surface area contributed by atoms with Crippen LogP contribution in [-0.4, -0.2) is 37.7 Å². The minimum Gasteiger partial charge on any atom is -0.466 e. The van der Waals surface area contributed by atoms with Gasteiger partial charge in [-0.1, -0.05) is 88.9 Å². The summed E-state index contributed by atoms with van der Waals surface area (Å²) >= 11 is 0. The van der Waals surface area contributed by atoms with Crippen molar-refractivity contribution in [2.24, 2.45) is 17.8 Å². The molecule has 5 unspecified atom stereocenters. The fourth-order valence-electron chi connectivity index (χ4n) is 6.44. The molecule has 2 saturated carbocycles. The summed E-state index contributed by atoms with van der Waals surface area (Å²) < 4.78 is 12.2. The molecule has 214 valence electrons. The molecule has 5 heteroatoms. The highest BCUT2D eigenvalue weighted by Gasteiger charge is 2.49. The Labute approximate surface area is 233 Å². The van der Waals surface area contributed by atoms with Crippen LogP contribution in [0, 0.1) is 17.8 Å². The predicted octanol–water partition coefficient (Wildman–Crippen LogP) is 8.25. The molecule has 0 saturated heterocycles. The number of aryl methyl sites for hydroxylation is 1. The minimum atomic E-state index is -1.93. The minimum absolute atomic E-state index is 0.0916. The lowest BCUT2D eigenvalue weighted by molar-refractivity contribution is -0.159. The van der Waals surface area contributed by atoms with Gasteiger partial charge in [0.1, 0.15) is 0 Å². The van der Waals surface area contributed by atoms with Crippen molar-refractivity contribution in [2.75, 3.05) is 6.61 Å². The number of esters is 1. The van der Waals surface area contributed by atoms with E-state index >= 15 is 0 Å². The summed E-state index contributed by atoms with van der Waals surface area (Å²) in [7, 11) is -1.93. The van der Waals surface area contributed by atoms with E-state index in [0.29, 0.717) is 18.9 Å². The summed E-state index contributed by atoms with van der Waals surface area (Å²) in [6.45, 7) is 13.8. The molecular weight excluding hydrogens is 488 g/mol. The lowest BCUT2D eigenvalue weighted by atomic mass is 9.59. The zero-order valence-electron chi connectivity index (χ0n) is 25.0. The van der Waals surface area contributed by atoms with E-state index in [1.165, 1.54) is 12.0 Å². The van der Waals surface area contributed by atoms with Gasteiger partial charge in [-0.15, -0.1) is 0 Å². The molecule has 5 atom stereocenters. The Morgan fingerprint density at radius 2 is 1.87 bits per heavy atom. The second-order valence-corrected chi connectivity index (χ2v) is 18.2. The average molecular weight is 543 g/mol. The molecule has 2 aliphatic carbocycles. The number of allylic oxidation sites excluding steroid dienone is 1. The molecule has 4 nitrogen and oxygen atoms in total. The number of hydrogen-bond donors (Lipinski definition) is 1. The Kier molecular flexibility index (Phi) is 11.3. The molecule has 1 aromatic carbocycles. The van der Waals surface area contributed by atoms with Crippen molar-refractivity contribution in [3.8, 4) is 0 Å². The number of ether oxygens (including phenoxy) is 1. The second-order valence-electron chi connectivity index (χ2n) is 13.5. The summed E-state index contributed by atoms with van der Waals surface area (Å²) in [6.07, 6.45) is 15.6. The summed E-state index contributed by atoms with van der Waals surface area (Å²) in [5.74, 6) is 0.699. The van der Waals surface area contributed by atoms with Gasteiger partial charge in [0.25, 0.3) is 0 Å². The number of aliphatic hydroxyl groups is 1. The maximum absolute atomic E-state index is 12.4.